The van der Waals surface area contributed by atoms with Crippen LogP contribution in [0.2, 0.25) is 0 Å². The van der Waals surface area contributed by atoms with Gasteiger partial charge in [-0.2, -0.15) is 0 Å². The van der Waals surface area contributed by atoms with E-state index in [0.717, 1.165) is 0 Å². The summed E-state index contributed by atoms with van der Waals surface area (Å²) in [5.74, 6) is -1.11. The molecule has 2 N–H and O–H groups in total. The lowest BCUT2D eigenvalue weighted by atomic mass is 9.77. The van der Waals surface area contributed by atoms with Crippen molar-refractivity contribution in [2.45, 2.75) is 33.1 Å². The molecule has 0 aromatic carbocycles. The second-order valence-corrected chi connectivity index (χ2v) is 6.23. The fraction of sp³-hybridized carbons (Fsp3) is 0.875. The average molecular weight is 357 g/mol. The molecule has 0 spiro atoms. The van der Waals surface area contributed by atoms with Crippen molar-refractivity contribution in [2.75, 3.05) is 46.9 Å². The Morgan fingerprint density at radius 2 is 1.80 bits per heavy atom. The van der Waals surface area contributed by atoms with E-state index in [4.69, 9.17) is 15.0 Å². The Morgan fingerprint density at radius 3 is 2.36 bits per heavy atom. The van der Waals surface area contributed by atoms with Gasteiger partial charge in [-0.3, -0.25) is 9.59 Å². The Balaban J connectivity index is 4.81. The van der Waals surface area contributed by atoms with E-state index in [-0.39, 0.29) is 18.5 Å². The Labute approximate surface area is 149 Å². The standard InChI is InChI=1S/C16H31N5O4/c1-13(14(22)24-10-8-18-3)12-16(2,6-5-7-20-21-17)15(23)25-11-9-19-4/h13,18-19H,5-12H2,1-4H3. The number of carbonyl (C=O) groups is 2. The van der Waals surface area contributed by atoms with Crippen molar-refractivity contribution in [1.82, 2.24) is 10.6 Å². The molecule has 0 aliphatic heterocycles. The van der Waals surface area contributed by atoms with Gasteiger partial charge in [-0.25, -0.2) is 0 Å². The number of likely N-dealkylation sites (N-methyl/N-ethyl adjacent to an activating group) is 2. The van der Waals surface area contributed by atoms with E-state index in [1.165, 1.54) is 0 Å². The molecular formula is C16H31N5O4. The van der Waals surface area contributed by atoms with Crippen LogP contribution < -0.4 is 10.6 Å². The summed E-state index contributed by atoms with van der Waals surface area (Å²) >= 11 is 0. The fourth-order valence-corrected chi connectivity index (χ4v) is 2.45. The van der Waals surface area contributed by atoms with Gasteiger partial charge in [0.25, 0.3) is 0 Å². The molecule has 9 heteroatoms. The molecule has 0 heterocycles. The minimum atomic E-state index is -0.833. The SMILES string of the molecule is CNCCOC(=O)C(C)CC(C)(CCCN=[N+]=[N-])C(=O)OCCNC. The van der Waals surface area contributed by atoms with Crippen LogP contribution in [0.5, 0.6) is 0 Å². The van der Waals surface area contributed by atoms with Gasteiger partial charge in [0.1, 0.15) is 13.2 Å². The highest BCUT2D eigenvalue weighted by Crippen LogP contribution is 2.33. The molecule has 0 saturated heterocycles. The summed E-state index contributed by atoms with van der Waals surface area (Å²) in [7, 11) is 3.55. The number of hydrogen-bond acceptors (Lipinski definition) is 7. The molecule has 2 atom stereocenters. The first kappa shape index (κ1) is 23.2. The van der Waals surface area contributed by atoms with Crippen LogP contribution in [0.15, 0.2) is 5.11 Å². The number of nitrogens with zero attached hydrogens (tertiary/aromatic N) is 3. The number of rotatable bonds is 14. The summed E-state index contributed by atoms with van der Waals surface area (Å²) in [5, 5.41) is 9.30. The Morgan fingerprint density at radius 1 is 1.20 bits per heavy atom. The topological polar surface area (TPSA) is 125 Å². The molecule has 9 nitrogen and oxygen atoms in total. The zero-order valence-corrected chi connectivity index (χ0v) is 15.7. The molecule has 0 aliphatic rings. The number of hydrogen-bond donors (Lipinski definition) is 2. The lowest BCUT2D eigenvalue weighted by Crippen LogP contribution is -2.35. The van der Waals surface area contributed by atoms with Crippen molar-refractivity contribution >= 4 is 11.9 Å². The molecule has 0 amide bonds. The van der Waals surface area contributed by atoms with E-state index >= 15 is 0 Å². The van der Waals surface area contributed by atoms with Crippen molar-refractivity contribution in [1.29, 1.82) is 0 Å². The van der Waals surface area contributed by atoms with Crippen LogP contribution in [0.1, 0.15) is 33.1 Å². The van der Waals surface area contributed by atoms with Crippen LogP contribution in [-0.4, -0.2) is 58.9 Å². The summed E-state index contributed by atoms with van der Waals surface area (Å²) in [6.45, 7) is 5.52. The monoisotopic (exact) mass is 357 g/mol. The molecule has 0 fully saturated rings. The summed E-state index contributed by atoms with van der Waals surface area (Å²) in [6.07, 6.45) is 1.34. The summed E-state index contributed by atoms with van der Waals surface area (Å²) in [6, 6.07) is 0. The summed E-state index contributed by atoms with van der Waals surface area (Å²) < 4.78 is 10.5. The van der Waals surface area contributed by atoms with E-state index in [2.05, 4.69) is 20.7 Å². The first-order valence-corrected chi connectivity index (χ1v) is 8.55. The van der Waals surface area contributed by atoms with Gasteiger partial charge in [0.15, 0.2) is 0 Å². The van der Waals surface area contributed by atoms with Crippen LogP contribution in [0.25, 0.3) is 10.4 Å². The first-order valence-electron chi connectivity index (χ1n) is 8.55. The van der Waals surface area contributed by atoms with Gasteiger partial charge < -0.3 is 20.1 Å². The van der Waals surface area contributed by atoms with Gasteiger partial charge in [0.2, 0.25) is 0 Å². The van der Waals surface area contributed by atoms with Gasteiger partial charge >= 0.3 is 11.9 Å². The summed E-state index contributed by atoms with van der Waals surface area (Å²) in [4.78, 5) is 27.3. The van der Waals surface area contributed by atoms with E-state index in [1.807, 2.05) is 0 Å². The molecule has 2 unspecified atom stereocenters. The van der Waals surface area contributed by atoms with Gasteiger partial charge in [-0.05, 0) is 45.8 Å². The van der Waals surface area contributed by atoms with Gasteiger partial charge in [0.05, 0.1) is 11.3 Å². The van der Waals surface area contributed by atoms with Crippen molar-refractivity contribution in [2.24, 2.45) is 16.4 Å². The maximum absolute atomic E-state index is 12.5. The molecule has 0 aliphatic carbocycles. The van der Waals surface area contributed by atoms with Crippen LogP contribution in [0.4, 0.5) is 0 Å². The maximum Gasteiger partial charge on any atom is 0.311 e. The van der Waals surface area contributed by atoms with Crippen molar-refractivity contribution < 1.29 is 19.1 Å². The molecular weight excluding hydrogens is 326 g/mol. The van der Waals surface area contributed by atoms with Gasteiger partial charge in [-0.15, -0.1) is 0 Å². The summed E-state index contributed by atoms with van der Waals surface area (Å²) in [5.41, 5.74) is 7.53. The predicted octanol–water partition coefficient (Wildman–Crippen LogP) is 1.63. The third-order valence-electron chi connectivity index (χ3n) is 3.88. The molecule has 0 rings (SSSR count). The van der Waals surface area contributed by atoms with E-state index in [0.29, 0.717) is 45.5 Å². The third-order valence-corrected chi connectivity index (χ3v) is 3.88. The van der Waals surface area contributed by atoms with E-state index in [9.17, 15) is 9.59 Å². The number of carbonyl (C=O) groups excluding carboxylic acids is 2. The normalized spacial score (nSPS) is 14.1. The molecule has 144 valence electrons. The largest absolute Gasteiger partial charge is 0.464 e. The Hall–Kier alpha value is -1.83. The molecule has 0 bridgehead atoms. The Bertz CT molecular complexity index is 454. The second kappa shape index (κ2) is 13.5. The molecule has 0 saturated carbocycles. The highest BCUT2D eigenvalue weighted by molar-refractivity contribution is 5.78. The minimum Gasteiger partial charge on any atom is -0.464 e. The molecule has 0 aromatic rings. The van der Waals surface area contributed by atoms with Gasteiger partial charge in [0, 0.05) is 24.5 Å². The minimum absolute atomic E-state index is 0.266. The second-order valence-electron chi connectivity index (χ2n) is 6.23. The Kier molecular flexibility index (Phi) is 12.5. The third kappa shape index (κ3) is 9.91. The lowest BCUT2D eigenvalue weighted by Gasteiger charge is -2.29. The van der Waals surface area contributed by atoms with Crippen LogP contribution in [0, 0.1) is 11.3 Å². The van der Waals surface area contributed by atoms with E-state index < -0.39 is 11.3 Å². The number of nitrogens with one attached hydrogen (secondary N) is 2. The van der Waals surface area contributed by atoms with Crippen LogP contribution in [0.3, 0.4) is 0 Å². The van der Waals surface area contributed by atoms with Crippen molar-refractivity contribution in [3.63, 3.8) is 0 Å². The quantitative estimate of drug-likeness (QED) is 0.160. The lowest BCUT2D eigenvalue weighted by molar-refractivity contribution is -0.158. The zero-order valence-electron chi connectivity index (χ0n) is 15.7. The fourth-order valence-electron chi connectivity index (χ4n) is 2.45. The smallest absolute Gasteiger partial charge is 0.311 e. The van der Waals surface area contributed by atoms with Crippen LogP contribution >= 0.6 is 0 Å². The molecule has 0 radical (unpaired) electrons. The zero-order chi connectivity index (χ0) is 19.1. The van der Waals surface area contributed by atoms with Crippen LogP contribution in [-0.2, 0) is 19.1 Å². The molecule has 0 aromatic heterocycles. The maximum atomic E-state index is 12.5. The number of azide groups is 1. The number of ether oxygens (including phenoxy) is 2. The van der Waals surface area contributed by atoms with Gasteiger partial charge in [-0.1, -0.05) is 12.0 Å². The highest BCUT2D eigenvalue weighted by Gasteiger charge is 2.37. The van der Waals surface area contributed by atoms with E-state index in [1.54, 1.807) is 27.9 Å². The number of esters is 2. The van der Waals surface area contributed by atoms with Crippen molar-refractivity contribution in [3.8, 4) is 0 Å². The highest BCUT2D eigenvalue weighted by atomic mass is 16.5. The first-order chi connectivity index (χ1) is 11.9. The molecule has 25 heavy (non-hydrogen) atoms. The van der Waals surface area contributed by atoms with Crippen molar-refractivity contribution in [3.05, 3.63) is 10.4 Å². The predicted molar refractivity (Wildman–Crippen MR) is 94.9 cm³/mol. The average Bonchev–Trinajstić information content (AvgIpc) is 2.59.